The molecule has 6 heteroatoms. The van der Waals surface area contributed by atoms with Gasteiger partial charge in [0.05, 0.1) is 17.6 Å². The molecule has 3 aromatic carbocycles. The smallest absolute Gasteiger partial charge is 0.153 e. The van der Waals surface area contributed by atoms with Gasteiger partial charge in [-0.3, -0.25) is 4.79 Å². The Balaban J connectivity index is 0.000000258. The Morgan fingerprint density at radius 3 is 2.31 bits per heavy atom. The molecular weight excluding hydrogens is 443 g/mol. The van der Waals surface area contributed by atoms with E-state index >= 15 is 0 Å². The van der Waals surface area contributed by atoms with Crippen LogP contribution in [0.2, 0.25) is 10.0 Å². The molecule has 4 nitrogen and oxygen atoms in total. The fourth-order valence-corrected chi connectivity index (χ4v) is 3.82. The Morgan fingerprint density at radius 2 is 1.78 bits per heavy atom. The number of hydrogen-bond donors (Lipinski definition) is 2. The quantitative estimate of drug-likeness (QED) is 0.392. The number of aromatic hydroxyl groups is 1. The number of carbonyl (C=O) groups excluding carboxylic acids is 1. The maximum atomic E-state index is 10.5. The molecule has 0 aliphatic carbocycles. The Labute approximate surface area is 199 Å². The summed E-state index contributed by atoms with van der Waals surface area (Å²) in [4.78, 5) is 10.5. The second-order valence-corrected chi connectivity index (χ2v) is 8.23. The summed E-state index contributed by atoms with van der Waals surface area (Å²) >= 11 is 12.2. The molecule has 0 amide bonds. The summed E-state index contributed by atoms with van der Waals surface area (Å²) in [5.74, 6) is -0.275. The maximum absolute atomic E-state index is 10.5. The van der Waals surface area contributed by atoms with E-state index in [0.29, 0.717) is 21.9 Å². The van der Waals surface area contributed by atoms with Gasteiger partial charge >= 0.3 is 0 Å². The maximum Gasteiger partial charge on any atom is 0.153 e. The van der Waals surface area contributed by atoms with Crippen LogP contribution in [0.3, 0.4) is 0 Å². The first-order valence-electron chi connectivity index (χ1n) is 10.2. The molecule has 0 aliphatic rings. The molecule has 1 unspecified atom stereocenters. The highest BCUT2D eigenvalue weighted by molar-refractivity contribution is 6.32. The van der Waals surface area contributed by atoms with E-state index in [0.717, 1.165) is 39.9 Å². The van der Waals surface area contributed by atoms with Crippen LogP contribution in [0.5, 0.6) is 5.75 Å². The number of halogens is 2. The van der Waals surface area contributed by atoms with Gasteiger partial charge in [0.15, 0.2) is 6.29 Å². The summed E-state index contributed by atoms with van der Waals surface area (Å²) in [6.45, 7) is 5.84. The van der Waals surface area contributed by atoms with Crippen LogP contribution in [0.25, 0.3) is 0 Å². The molecule has 0 aliphatic heterocycles. The second kappa shape index (κ2) is 11.6. The Hall–Kier alpha value is -3.00. The van der Waals surface area contributed by atoms with Gasteiger partial charge in [0.2, 0.25) is 0 Å². The van der Waals surface area contributed by atoms with Gasteiger partial charge in [-0.2, -0.15) is 5.26 Å². The molecule has 1 atom stereocenters. The van der Waals surface area contributed by atoms with Crippen molar-refractivity contribution in [2.45, 2.75) is 33.1 Å². The van der Waals surface area contributed by atoms with Crippen molar-refractivity contribution in [3.05, 3.63) is 92.0 Å². The topological polar surface area (TPSA) is 73.1 Å². The third kappa shape index (κ3) is 6.03. The first-order chi connectivity index (χ1) is 15.2. The number of nitriles is 1. The van der Waals surface area contributed by atoms with Gasteiger partial charge in [-0.15, -0.1) is 0 Å². The summed E-state index contributed by atoms with van der Waals surface area (Å²) in [6, 6.07) is 17.0. The molecule has 32 heavy (non-hydrogen) atoms. The van der Waals surface area contributed by atoms with E-state index in [1.807, 2.05) is 58.2 Å². The molecule has 0 aromatic heterocycles. The summed E-state index contributed by atoms with van der Waals surface area (Å²) in [6.07, 6.45) is 1.43. The highest BCUT2D eigenvalue weighted by Crippen LogP contribution is 2.34. The number of hydrogen-bond acceptors (Lipinski definition) is 4. The molecule has 3 rings (SSSR count). The number of aryl methyl sites for hydroxylation is 3. The van der Waals surface area contributed by atoms with Crippen molar-refractivity contribution in [1.29, 1.82) is 5.26 Å². The van der Waals surface area contributed by atoms with Crippen LogP contribution in [0.4, 0.5) is 5.69 Å². The lowest BCUT2D eigenvalue weighted by Crippen LogP contribution is -2.01. The van der Waals surface area contributed by atoms with Crippen molar-refractivity contribution in [3.8, 4) is 11.8 Å². The van der Waals surface area contributed by atoms with Crippen LogP contribution in [-0.4, -0.2) is 18.4 Å². The zero-order valence-electron chi connectivity index (χ0n) is 18.5. The van der Waals surface area contributed by atoms with E-state index in [9.17, 15) is 15.2 Å². The largest absolute Gasteiger partial charge is 0.507 e. The lowest BCUT2D eigenvalue weighted by Gasteiger charge is -2.15. The number of nitrogens with zero attached hydrogens (tertiary/aromatic N) is 1. The van der Waals surface area contributed by atoms with Crippen LogP contribution in [0.15, 0.2) is 48.5 Å². The highest BCUT2D eigenvalue weighted by atomic mass is 35.5. The Morgan fingerprint density at radius 1 is 1.12 bits per heavy atom. The molecule has 0 bridgehead atoms. The summed E-state index contributed by atoms with van der Waals surface area (Å²) in [7, 11) is 1.85. The number of nitrogens with one attached hydrogen (secondary N) is 1. The van der Waals surface area contributed by atoms with E-state index in [1.54, 1.807) is 18.2 Å². The predicted molar refractivity (Wildman–Crippen MR) is 132 cm³/mol. The number of aldehydes is 1. The van der Waals surface area contributed by atoms with Crippen LogP contribution in [0, 0.1) is 25.2 Å². The van der Waals surface area contributed by atoms with E-state index in [1.165, 1.54) is 0 Å². The Kier molecular flexibility index (Phi) is 9.13. The molecular formula is C26H26Cl2N2O2. The molecule has 0 saturated carbocycles. The van der Waals surface area contributed by atoms with Crippen molar-refractivity contribution in [2.24, 2.45) is 0 Å². The van der Waals surface area contributed by atoms with E-state index in [-0.39, 0.29) is 5.75 Å². The van der Waals surface area contributed by atoms with Gasteiger partial charge < -0.3 is 10.4 Å². The lowest BCUT2D eigenvalue weighted by atomic mass is 9.91. The Bertz CT molecular complexity index is 1140. The lowest BCUT2D eigenvalue weighted by molar-refractivity contribution is 0.112. The molecule has 0 radical (unpaired) electrons. The SMILES string of the molecule is CCc1cc(C)cc(C=O)c1O.CNc1cc(Cl)c(C(C#N)c2ccc(Cl)cc2)cc1C. The average molecular weight is 469 g/mol. The monoisotopic (exact) mass is 468 g/mol. The minimum Gasteiger partial charge on any atom is -0.507 e. The van der Waals surface area contributed by atoms with Crippen LogP contribution >= 0.6 is 23.2 Å². The van der Waals surface area contributed by atoms with Crippen molar-refractivity contribution in [3.63, 3.8) is 0 Å². The van der Waals surface area contributed by atoms with Gasteiger partial charge in [0.25, 0.3) is 0 Å². The van der Waals surface area contributed by atoms with Gasteiger partial charge in [0.1, 0.15) is 5.75 Å². The number of anilines is 1. The van der Waals surface area contributed by atoms with Gasteiger partial charge in [-0.05, 0) is 72.4 Å². The average Bonchev–Trinajstić information content (AvgIpc) is 2.79. The van der Waals surface area contributed by atoms with E-state index < -0.39 is 5.92 Å². The van der Waals surface area contributed by atoms with Crippen molar-refractivity contribution in [2.75, 3.05) is 12.4 Å². The van der Waals surface area contributed by atoms with Crippen molar-refractivity contribution in [1.82, 2.24) is 0 Å². The van der Waals surface area contributed by atoms with E-state index in [2.05, 4.69) is 11.4 Å². The highest BCUT2D eigenvalue weighted by Gasteiger charge is 2.18. The standard InChI is InChI=1S/C16H14Cl2N2.C10H12O2/c1-10-7-13(15(18)8-16(10)20-2)14(9-19)11-3-5-12(17)6-4-11;1-3-8-4-7(2)5-9(6-11)10(8)12/h3-8,14,20H,1-2H3;4-6,12H,3H2,1-2H3. The number of phenols is 1. The van der Waals surface area contributed by atoms with Gasteiger partial charge in [-0.1, -0.05) is 54.4 Å². The normalized spacial score (nSPS) is 11.0. The van der Waals surface area contributed by atoms with Crippen LogP contribution in [-0.2, 0) is 6.42 Å². The van der Waals surface area contributed by atoms with E-state index in [4.69, 9.17) is 23.2 Å². The van der Waals surface area contributed by atoms with Gasteiger partial charge in [0, 0.05) is 22.8 Å². The first-order valence-corrected chi connectivity index (χ1v) is 10.9. The molecule has 3 aromatic rings. The zero-order chi connectivity index (χ0) is 23.8. The fourth-order valence-electron chi connectivity index (χ4n) is 3.42. The molecule has 0 fully saturated rings. The van der Waals surface area contributed by atoms with Crippen molar-refractivity contribution >= 4 is 35.2 Å². The molecule has 0 saturated heterocycles. The third-order valence-electron chi connectivity index (χ3n) is 5.13. The van der Waals surface area contributed by atoms with Crippen LogP contribution in [0.1, 0.15) is 51.0 Å². The first kappa shape index (κ1) is 25.3. The minimum atomic E-state index is -0.399. The number of carbonyl (C=O) groups is 1. The zero-order valence-corrected chi connectivity index (χ0v) is 20.1. The summed E-state index contributed by atoms with van der Waals surface area (Å²) < 4.78 is 0. The molecule has 166 valence electrons. The van der Waals surface area contributed by atoms with Gasteiger partial charge in [-0.25, -0.2) is 0 Å². The predicted octanol–water partition coefficient (Wildman–Crippen LogP) is 7.07. The summed E-state index contributed by atoms with van der Waals surface area (Å²) in [5.41, 5.74) is 5.94. The number of rotatable bonds is 5. The molecule has 0 heterocycles. The minimum absolute atomic E-state index is 0.123. The summed E-state index contributed by atoms with van der Waals surface area (Å²) in [5, 5.41) is 23.3. The second-order valence-electron chi connectivity index (χ2n) is 7.39. The number of phenolic OH excluding ortho intramolecular Hbond substituents is 1. The third-order valence-corrected chi connectivity index (χ3v) is 5.71. The fraction of sp³-hybridized carbons (Fsp3) is 0.231. The van der Waals surface area contributed by atoms with Crippen molar-refractivity contribution < 1.29 is 9.90 Å². The molecule has 2 N–H and O–H groups in total. The van der Waals surface area contributed by atoms with Crippen LogP contribution < -0.4 is 5.32 Å². The number of benzene rings is 3. The molecule has 0 spiro atoms.